The lowest BCUT2D eigenvalue weighted by Crippen LogP contribution is -1.93. The number of hydrogen-bond acceptors (Lipinski definition) is 4. The van der Waals surface area contributed by atoms with Gasteiger partial charge in [0.25, 0.3) is 0 Å². The summed E-state index contributed by atoms with van der Waals surface area (Å²) >= 11 is 3.46. The predicted molar refractivity (Wildman–Crippen MR) is 112 cm³/mol. The molecule has 26 heavy (non-hydrogen) atoms. The molecule has 0 saturated heterocycles. The molecule has 3 heterocycles. The van der Waals surface area contributed by atoms with Crippen molar-refractivity contribution in [2.45, 2.75) is 0 Å². The molecule has 4 heteroatoms. The van der Waals surface area contributed by atoms with E-state index in [9.17, 15) is 0 Å². The highest BCUT2D eigenvalue weighted by molar-refractivity contribution is 7.14. The van der Waals surface area contributed by atoms with Crippen molar-refractivity contribution in [3.8, 4) is 32.1 Å². The van der Waals surface area contributed by atoms with E-state index in [4.69, 9.17) is 9.97 Å². The van der Waals surface area contributed by atoms with Crippen LogP contribution in [0, 0.1) is 0 Å². The zero-order valence-electron chi connectivity index (χ0n) is 13.8. The lowest BCUT2D eigenvalue weighted by Gasteiger charge is -2.10. The van der Waals surface area contributed by atoms with E-state index in [1.54, 1.807) is 22.7 Å². The molecule has 0 bridgehead atoms. The van der Waals surface area contributed by atoms with Crippen LogP contribution in [0.1, 0.15) is 0 Å². The molecule has 3 aromatic heterocycles. The first kappa shape index (κ1) is 15.4. The van der Waals surface area contributed by atoms with Crippen LogP contribution in [0.25, 0.3) is 43.2 Å². The van der Waals surface area contributed by atoms with Crippen molar-refractivity contribution in [2.24, 2.45) is 0 Å². The minimum absolute atomic E-state index is 0.902. The maximum absolute atomic E-state index is 5.02. The Morgan fingerprint density at radius 2 is 1.27 bits per heavy atom. The fourth-order valence-corrected chi connectivity index (χ4v) is 4.61. The fraction of sp³-hybridized carbons (Fsp3) is 0. The third kappa shape index (κ3) is 2.64. The van der Waals surface area contributed by atoms with E-state index in [0.29, 0.717) is 0 Å². The second kappa shape index (κ2) is 6.48. The molecule has 0 aliphatic heterocycles. The van der Waals surface area contributed by atoms with Gasteiger partial charge in [-0.15, -0.1) is 22.7 Å². The van der Waals surface area contributed by atoms with Crippen LogP contribution in [-0.4, -0.2) is 9.97 Å². The van der Waals surface area contributed by atoms with E-state index >= 15 is 0 Å². The van der Waals surface area contributed by atoms with E-state index < -0.39 is 0 Å². The predicted octanol–water partition coefficient (Wildman–Crippen LogP) is 6.75. The average Bonchev–Trinajstić information content (AvgIpc) is 3.41. The third-order valence-electron chi connectivity index (χ3n) is 4.34. The summed E-state index contributed by atoms with van der Waals surface area (Å²) in [5, 5.41) is 4.20. The molecule has 5 rings (SSSR count). The number of benzene rings is 2. The van der Waals surface area contributed by atoms with E-state index in [1.165, 1.54) is 9.75 Å². The van der Waals surface area contributed by atoms with Crippen molar-refractivity contribution in [3.05, 3.63) is 83.7 Å². The highest BCUT2D eigenvalue weighted by Gasteiger charge is 2.14. The Bertz CT molecular complexity index is 1160. The van der Waals surface area contributed by atoms with Crippen molar-refractivity contribution in [2.75, 3.05) is 0 Å². The number of nitrogens with zero attached hydrogens (tertiary/aromatic N) is 2. The van der Waals surface area contributed by atoms with E-state index in [2.05, 4.69) is 59.3 Å². The maximum atomic E-state index is 5.02. The van der Waals surface area contributed by atoms with Crippen molar-refractivity contribution in [3.63, 3.8) is 0 Å². The normalized spacial score (nSPS) is 11.1. The highest BCUT2D eigenvalue weighted by atomic mass is 32.1. The van der Waals surface area contributed by atoms with Crippen LogP contribution in [0.4, 0.5) is 0 Å². The summed E-state index contributed by atoms with van der Waals surface area (Å²) < 4.78 is 0. The Morgan fingerprint density at radius 1 is 0.615 bits per heavy atom. The molecule has 0 aliphatic carbocycles. The molecular weight excluding hydrogens is 356 g/mol. The molecule has 0 unspecified atom stereocenters. The van der Waals surface area contributed by atoms with Gasteiger partial charge < -0.3 is 0 Å². The number of thiophene rings is 2. The van der Waals surface area contributed by atoms with Gasteiger partial charge in [0, 0.05) is 26.4 Å². The Hall–Kier alpha value is -2.82. The van der Waals surface area contributed by atoms with Gasteiger partial charge in [-0.05, 0) is 22.9 Å². The molecule has 0 saturated carbocycles. The van der Waals surface area contributed by atoms with Crippen molar-refractivity contribution < 1.29 is 0 Å². The highest BCUT2D eigenvalue weighted by Crippen LogP contribution is 2.37. The fourth-order valence-electron chi connectivity index (χ4n) is 3.11. The zero-order chi connectivity index (χ0) is 17.3. The van der Waals surface area contributed by atoms with Crippen LogP contribution in [-0.2, 0) is 0 Å². The molecule has 0 fully saturated rings. The molecule has 0 spiro atoms. The summed E-state index contributed by atoms with van der Waals surface area (Å²) in [7, 11) is 0. The van der Waals surface area contributed by atoms with Gasteiger partial charge in [-0.1, -0.05) is 54.6 Å². The molecule has 0 N–H and O–H groups in total. The monoisotopic (exact) mass is 370 g/mol. The van der Waals surface area contributed by atoms with E-state index in [0.717, 1.165) is 33.4 Å². The van der Waals surface area contributed by atoms with Gasteiger partial charge >= 0.3 is 0 Å². The first-order chi connectivity index (χ1) is 12.9. The zero-order valence-corrected chi connectivity index (χ0v) is 15.4. The quantitative estimate of drug-likeness (QED) is 0.351. The summed E-state index contributed by atoms with van der Waals surface area (Å²) in [6.45, 7) is 0. The molecule has 2 nitrogen and oxygen atoms in total. The van der Waals surface area contributed by atoms with Gasteiger partial charge in [0.05, 0.1) is 22.9 Å². The Labute approximate surface area is 159 Å². The lowest BCUT2D eigenvalue weighted by molar-refractivity contribution is 1.30. The van der Waals surface area contributed by atoms with Crippen LogP contribution in [0.15, 0.2) is 83.7 Å². The van der Waals surface area contributed by atoms with Crippen LogP contribution >= 0.6 is 22.7 Å². The molecule has 124 valence electrons. The van der Waals surface area contributed by atoms with Crippen LogP contribution in [0.2, 0.25) is 0 Å². The molecule has 5 aromatic rings. The summed E-state index contributed by atoms with van der Waals surface area (Å²) in [5.41, 5.74) is 6.18. The average molecular weight is 371 g/mol. The summed E-state index contributed by atoms with van der Waals surface area (Å²) in [6.07, 6.45) is 1.88. The molecular formula is C22H14N2S2. The second-order valence-corrected chi connectivity index (χ2v) is 7.83. The van der Waals surface area contributed by atoms with Gasteiger partial charge in [-0.2, -0.15) is 0 Å². The molecule has 0 amide bonds. The van der Waals surface area contributed by atoms with Crippen molar-refractivity contribution >= 4 is 33.7 Å². The van der Waals surface area contributed by atoms with E-state index in [-0.39, 0.29) is 0 Å². The van der Waals surface area contributed by atoms with Crippen molar-refractivity contribution in [1.82, 2.24) is 9.97 Å². The van der Waals surface area contributed by atoms with Gasteiger partial charge in [-0.25, -0.2) is 4.98 Å². The second-order valence-electron chi connectivity index (χ2n) is 5.93. The smallest absolute Gasteiger partial charge is 0.0987 e. The Balaban J connectivity index is 1.81. The largest absolute Gasteiger partial charge is 0.252 e. The number of fused-ring (bicyclic) bond motifs is 1. The third-order valence-corrected chi connectivity index (χ3v) is 6.15. The molecule has 2 aromatic carbocycles. The molecule has 0 aliphatic rings. The van der Waals surface area contributed by atoms with Gasteiger partial charge in [0.15, 0.2) is 0 Å². The van der Waals surface area contributed by atoms with Crippen LogP contribution < -0.4 is 0 Å². The SMILES string of the molecule is c1ccc(-c2cnc3c(-c4cccs4)ccc(-c4cccs4)c3n2)cc1. The van der Waals surface area contributed by atoms with Gasteiger partial charge in [0.2, 0.25) is 0 Å². The standard InChI is InChI=1S/C22H14N2S2/c1-2-6-15(7-3-1)18-14-23-21-16(19-8-4-12-25-19)10-11-17(22(21)24-18)20-9-5-13-26-20/h1-14H. The maximum Gasteiger partial charge on any atom is 0.0987 e. The van der Waals surface area contributed by atoms with Crippen LogP contribution in [0.3, 0.4) is 0 Å². The molecule has 0 atom stereocenters. The van der Waals surface area contributed by atoms with Crippen LogP contribution in [0.5, 0.6) is 0 Å². The minimum Gasteiger partial charge on any atom is -0.252 e. The minimum atomic E-state index is 0.902. The topological polar surface area (TPSA) is 25.8 Å². The van der Waals surface area contributed by atoms with Gasteiger partial charge in [-0.3, -0.25) is 4.98 Å². The molecule has 0 radical (unpaired) electrons. The summed E-state index contributed by atoms with van der Waals surface area (Å²) in [5.74, 6) is 0. The Kier molecular flexibility index (Phi) is 3.85. The number of hydrogen-bond donors (Lipinski definition) is 0. The number of aromatic nitrogens is 2. The number of rotatable bonds is 3. The first-order valence-corrected chi connectivity index (χ1v) is 10.1. The summed E-state index contributed by atoms with van der Waals surface area (Å²) in [4.78, 5) is 12.3. The van der Waals surface area contributed by atoms with E-state index in [1.807, 2.05) is 24.4 Å². The Morgan fingerprint density at radius 3 is 1.88 bits per heavy atom. The van der Waals surface area contributed by atoms with Gasteiger partial charge in [0.1, 0.15) is 0 Å². The summed E-state index contributed by atoms with van der Waals surface area (Å²) in [6, 6.07) is 23.0. The lowest BCUT2D eigenvalue weighted by atomic mass is 10.0. The van der Waals surface area contributed by atoms with Crippen molar-refractivity contribution in [1.29, 1.82) is 0 Å². The first-order valence-electron chi connectivity index (χ1n) is 8.33.